The van der Waals surface area contributed by atoms with Gasteiger partial charge < -0.3 is 5.32 Å². The lowest BCUT2D eigenvalue weighted by Gasteiger charge is -2.06. The number of halogens is 1. The Kier molecular flexibility index (Phi) is 5.12. The second kappa shape index (κ2) is 7.04. The van der Waals surface area contributed by atoms with Gasteiger partial charge in [0.15, 0.2) is 0 Å². The second-order valence-electron chi connectivity index (χ2n) is 4.52. The van der Waals surface area contributed by atoms with Crippen molar-refractivity contribution in [1.82, 2.24) is 0 Å². The SMILES string of the molecule is Cc1cccc(/C=C(/C#N)C(=O)Nc2ccccc2I)c1. The summed E-state index contributed by atoms with van der Waals surface area (Å²) >= 11 is 2.14. The van der Waals surface area contributed by atoms with Crippen LogP contribution in [0, 0.1) is 21.8 Å². The summed E-state index contributed by atoms with van der Waals surface area (Å²) in [4.78, 5) is 12.2. The summed E-state index contributed by atoms with van der Waals surface area (Å²) < 4.78 is 0.927. The maximum absolute atomic E-state index is 12.2. The van der Waals surface area contributed by atoms with Crippen LogP contribution in [0.3, 0.4) is 0 Å². The van der Waals surface area contributed by atoms with Gasteiger partial charge in [-0.25, -0.2) is 0 Å². The number of benzene rings is 2. The maximum Gasteiger partial charge on any atom is 0.266 e. The van der Waals surface area contributed by atoms with Gasteiger partial charge in [0.2, 0.25) is 0 Å². The average molecular weight is 388 g/mol. The molecule has 0 aliphatic heterocycles. The highest BCUT2D eigenvalue weighted by atomic mass is 127. The van der Waals surface area contributed by atoms with E-state index in [1.807, 2.05) is 55.5 Å². The molecule has 1 amide bonds. The molecule has 4 heteroatoms. The second-order valence-corrected chi connectivity index (χ2v) is 5.68. The van der Waals surface area contributed by atoms with E-state index in [9.17, 15) is 10.1 Å². The van der Waals surface area contributed by atoms with Gasteiger partial charge in [0.25, 0.3) is 5.91 Å². The van der Waals surface area contributed by atoms with Crippen LogP contribution in [0.25, 0.3) is 6.08 Å². The molecule has 2 aromatic carbocycles. The van der Waals surface area contributed by atoms with Gasteiger partial charge >= 0.3 is 0 Å². The molecule has 0 saturated heterocycles. The smallest absolute Gasteiger partial charge is 0.266 e. The molecule has 0 aromatic heterocycles. The van der Waals surface area contributed by atoms with E-state index in [2.05, 4.69) is 27.9 Å². The van der Waals surface area contributed by atoms with Crippen LogP contribution in [0.4, 0.5) is 5.69 Å². The Bertz CT molecular complexity index is 744. The zero-order chi connectivity index (χ0) is 15.2. The van der Waals surface area contributed by atoms with Crippen molar-refractivity contribution in [3.05, 3.63) is 68.8 Å². The molecule has 104 valence electrons. The van der Waals surface area contributed by atoms with Crippen molar-refractivity contribution in [2.75, 3.05) is 5.32 Å². The van der Waals surface area contributed by atoms with Crippen LogP contribution < -0.4 is 5.32 Å². The molecule has 0 atom stereocenters. The van der Waals surface area contributed by atoms with Gasteiger partial charge in [0, 0.05) is 3.57 Å². The minimum absolute atomic E-state index is 0.0836. The molecule has 2 aromatic rings. The lowest BCUT2D eigenvalue weighted by molar-refractivity contribution is -0.112. The first-order chi connectivity index (χ1) is 10.1. The molecule has 0 heterocycles. The zero-order valence-corrected chi connectivity index (χ0v) is 13.6. The number of carbonyl (C=O) groups excluding carboxylic acids is 1. The van der Waals surface area contributed by atoms with Crippen LogP contribution in [0.15, 0.2) is 54.1 Å². The van der Waals surface area contributed by atoms with E-state index in [-0.39, 0.29) is 5.57 Å². The summed E-state index contributed by atoms with van der Waals surface area (Å²) in [5, 5.41) is 12.0. The van der Waals surface area contributed by atoms with Gasteiger partial charge in [-0.2, -0.15) is 5.26 Å². The third kappa shape index (κ3) is 4.17. The standard InChI is InChI=1S/C17H13IN2O/c1-12-5-4-6-13(9-12)10-14(11-19)17(21)20-16-8-3-2-7-15(16)18/h2-10H,1H3,(H,20,21)/b14-10-. The topological polar surface area (TPSA) is 52.9 Å². The normalized spacial score (nSPS) is 10.8. The van der Waals surface area contributed by atoms with Crippen molar-refractivity contribution in [1.29, 1.82) is 5.26 Å². The van der Waals surface area contributed by atoms with E-state index in [1.165, 1.54) is 0 Å². The molecular weight excluding hydrogens is 375 g/mol. The van der Waals surface area contributed by atoms with Crippen LogP contribution in [-0.4, -0.2) is 5.91 Å². The Hall–Kier alpha value is -2.13. The van der Waals surface area contributed by atoms with Gasteiger partial charge in [0.05, 0.1) is 5.69 Å². The molecule has 0 unspecified atom stereocenters. The first-order valence-electron chi connectivity index (χ1n) is 6.34. The Balaban J connectivity index is 2.24. The predicted molar refractivity (Wildman–Crippen MR) is 92.6 cm³/mol. The van der Waals surface area contributed by atoms with E-state index >= 15 is 0 Å². The quantitative estimate of drug-likeness (QED) is 0.488. The fraction of sp³-hybridized carbons (Fsp3) is 0.0588. The van der Waals surface area contributed by atoms with Crippen LogP contribution >= 0.6 is 22.6 Å². The summed E-state index contributed by atoms with van der Waals surface area (Å²) in [5.41, 5.74) is 2.71. The van der Waals surface area contributed by atoms with Gasteiger partial charge in [0.1, 0.15) is 11.6 Å². The molecule has 0 radical (unpaired) electrons. The van der Waals surface area contributed by atoms with Gasteiger partial charge in [-0.05, 0) is 53.3 Å². The third-order valence-corrected chi connectivity index (χ3v) is 3.78. The van der Waals surface area contributed by atoms with Gasteiger partial charge in [-0.15, -0.1) is 0 Å². The monoisotopic (exact) mass is 388 g/mol. The van der Waals surface area contributed by atoms with Crippen LogP contribution in [-0.2, 0) is 4.79 Å². The molecule has 21 heavy (non-hydrogen) atoms. The number of nitrogens with zero attached hydrogens (tertiary/aromatic N) is 1. The molecule has 2 rings (SSSR count). The van der Waals surface area contributed by atoms with Crippen molar-refractivity contribution in [3.8, 4) is 6.07 Å². The van der Waals surface area contributed by atoms with Gasteiger partial charge in [-0.1, -0.05) is 42.0 Å². The number of rotatable bonds is 3. The maximum atomic E-state index is 12.2. The zero-order valence-electron chi connectivity index (χ0n) is 11.4. The fourth-order valence-electron chi connectivity index (χ4n) is 1.83. The summed E-state index contributed by atoms with van der Waals surface area (Å²) in [7, 11) is 0. The predicted octanol–water partition coefficient (Wildman–Crippen LogP) is 4.15. The highest BCUT2D eigenvalue weighted by Gasteiger charge is 2.10. The van der Waals surface area contributed by atoms with Crippen molar-refractivity contribution in [3.63, 3.8) is 0 Å². The molecule has 1 N–H and O–H groups in total. The summed E-state index contributed by atoms with van der Waals surface area (Å²) in [5.74, 6) is -0.400. The number of carbonyl (C=O) groups is 1. The number of hydrogen-bond acceptors (Lipinski definition) is 2. The molecule has 3 nitrogen and oxygen atoms in total. The minimum Gasteiger partial charge on any atom is -0.320 e. The highest BCUT2D eigenvalue weighted by Crippen LogP contribution is 2.18. The van der Waals surface area contributed by atoms with E-state index in [0.717, 1.165) is 14.7 Å². The number of anilines is 1. The van der Waals surface area contributed by atoms with E-state index in [0.29, 0.717) is 5.69 Å². The van der Waals surface area contributed by atoms with Gasteiger partial charge in [-0.3, -0.25) is 4.79 Å². The molecule has 0 fully saturated rings. The lowest BCUT2D eigenvalue weighted by Crippen LogP contribution is -2.14. The van der Waals surface area contributed by atoms with Crippen molar-refractivity contribution >= 4 is 40.3 Å². The average Bonchev–Trinajstić information content (AvgIpc) is 2.47. The van der Waals surface area contributed by atoms with Crippen LogP contribution in [0.5, 0.6) is 0 Å². The van der Waals surface area contributed by atoms with Crippen molar-refractivity contribution in [2.45, 2.75) is 6.92 Å². The number of amides is 1. The summed E-state index contributed by atoms with van der Waals surface area (Å²) in [6, 6.07) is 17.1. The first-order valence-corrected chi connectivity index (χ1v) is 7.42. The number of hydrogen-bond donors (Lipinski definition) is 1. The molecule has 0 spiro atoms. The Morgan fingerprint density at radius 1 is 1.24 bits per heavy atom. The van der Waals surface area contributed by atoms with Crippen molar-refractivity contribution in [2.24, 2.45) is 0 Å². The van der Waals surface area contributed by atoms with Crippen LogP contribution in [0.1, 0.15) is 11.1 Å². The molecule has 0 aliphatic carbocycles. The fourth-order valence-corrected chi connectivity index (χ4v) is 2.35. The summed E-state index contributed by atoms with van der Waals surface area (Å²) in [6.07, 6.45) is 1.60. The Labute approximate surface area is 137 Å². The minimum atomic E-state index is -0.400. The molecule has 0 saturated carbocycles. The highest BCUT2D eigenvalue weighted by molar-refractivity contribution is 14.1. The molecule has 0 aliphatic rings. The Morgan fingerprint density at radius 3 is 2.67 bits per heavy atom. The number of nitrogens with one attached hydrogen (secondary N) is 1. The van der Waals surface area contributed by atoms with Crippen molar-refractivity contribution < 1.29 is 4.79 Å². The molecule has 0 bridgehead atoms. The number of para-hydroxylation sites is 1. The largest absolute Gasteiger partial charge is 0.320 e. The first kappa shape index (κ1) is 15.3. The molecular formula is C17H13IN2O. The van der Waals surface area contributed by atoms with E-state index in [1.54, 1.807) is 12.1 Å². The summed E-state index contributed by atoms with van der Waals surface area (Å²) in [6.45, 7) is 1.97. The lowest BCUT2D eigenvalue weighted by atomic mass is 10.1. The number of nitriles is 1. The Morgan fingerprint density at radius 2 is 2.00 bits per heavy atom. The van der Waals surface area contributed by atoms with E-state index in [4.69, 9.17) is 0 Å². The number of aryl methyl sites for hydroxylation is 1. The third-order valence-electron chi connectivity index (χ3n) is 2.84. The van der Waals surface area contributed by atoms with Crippen LogP contribution in [0.2, 0.25) is 0 Å². The van der Waals surface area contributed by atoms with E-state index < -0.39 is 5.91 Å².